The Morgan fingerprint density at radius 2 is 2.04 bits per heavy atom. The average molecular weight is 361 g/mol. The van der Waals surface area contributed by atoms with Crippen molar-refractivity contribution in [2.24, 2.45) is 10.9 Å². The van der Waals surface area contributed by atoms with Crippen molar-refractivity contribution in [2.45, 2.75) is 46.1 Å². The maximum Gasteiger partial charge on any atom is 0.191 e. The second-order valence-corrected chi connectivity index (χ2v) is 7.35. The molecule has 1 saturated heterocycles. The Bertz CT molecular complexity index is 565. The van der Waals surface area contributed by atoms with Crippen LogP contribution in [0.25, 0.3) is 0 Å². The standard InChI is InChI=1S/C21H36N4O/c1-5-14-26-20-15-17(2)6-7-19(20)16-24-21(22-3)23-11-8-18-9-12-25(4)13-10-18/h6-7,15,18H,5,8-14,16H2,1-4H3,(H2,22,23,24). The molecule has 0 aromatic heterocycles. The number of aryl methyl sites for hydroxylation is 1. The number of likely N-dealkylation sites (tertiary alicyclic amines) is 1. The molecular formula is C21H36N4O. The van der Waals surface area contributed by atoms with E-state index in [1.54, 1.807) is 0 Å². The molecule has 1 aromatic rings. The van der Waals surface area contributed by atoms with Crippen molar-refractivity contribution in [3.05, 3.63) is 29.3 Å². The summed E-state index contributed by atoms with van der Waals surface area (Å²) in [6.45, 7) is 9.12. The maximum atomic E-state index is 5.90. The summed E-state index contributed by atoms with van der Waals surface area (Å²) in [6.07, 6.45) is 4.85. The largest absolute Gasteiger partial charge is 0.493 e. The fraction of sp³-hybridized carbons (Fsp3) is 0.667. The van der Waals surface area contributed by atoms with Gasteiger partial charge in [-0.1, -0.05) is 19.1 Å². The third-order valence-corrected chi connectivity index (χ3v) is 5.04. The monoisotopic (exact) mass is 360 g/mol. The molecule has 1 heterocycles. The molecule has 5 heteroatoms. The van der Waals surface area contributed by atoms with Gasteiger partial charge in [0.15, 0.2) is 5.96 Å². The van der Waals surface area contributed by atoms with Gasteiger partial charge in [-0.15, -0.1) is 0 Å². The van der Waals surface area contributed by atoms with Gasteiger partial charge in [0.1, 0.15) is 5.75 Å². The van der Waals surface area contributed by atoms with E-state index < -0.39 is 0 Å². The predicted octanol–water partition coefficient (Wildman–Crippen LogP) is 3.18. The summed E-state index contributed by atoms with van der Waals surface area (Å²) >= 11 is 0. The average Bonchev–Trinajstić information content (AvgIpc) is 2.65. The summed E-state index contributed by atoms with van der Waals surface area (Å²) in [5, 5.41) is 6.87. The molecule has 0 saturated carbocycles. The first-order valence-corrected chi connectivity index (χ1v) is 9.97. The number of rotatable bonds is 8. The lowest BCUT2D eigenvalue weighted by atomic mass is 9.94. The van der Waals surface area contributed by atoms with Crippen molar-refractivity contribution in [1.82, 2.24) is 15.5 Å². The Balaban J connectivity index is 1.78. The molecule has 0 bridgehead atoms. The first-order valence-electron chi connectivity index (χ1n) is 9.97. The van der Waals surface area contributed by atoms with Gasteiger partial charge in [-0.05, 0) is 70.3 Å². The zero-order valence-corrected chi connectivity index (χ0v) is 17.0. The van der Waals surface area contributed by atoms with Gasteiger partial charge in [0.25, 0.3) is 0 Å². The number of ether oxygens (including phenoxy) is 1. The van der Waals surface area contributed by atoms with Crippen molar-refractivity contribution in [3.8, 4) is 5.75 Å². The molecule has 2 rings (SSSR count). The number of nitrogens with zero attached hydrogens (tertiary/aromatic N) is 2. The molecule has 1 aliphatic rings. The van der Waals surface area contributed by atoms with Gasteiger partial charge in [-0.25, -0.2) is 0 Å². The van der Waals surface area contributed by atoms with E-state index in [4.69, 9.17) is 4.74 Å². The highest BCUT2D eigenvalue weighted by atomic mass is 16.5. The van der Waals surface area contributed by atoms with Crippen LogP contribution in [0.4, 0.5) is 0 Å². The zero-order valence-electron chi connectivity index (χ0n) is 17.0. The molecule has 5 nitrogen and oxygen atoms in total. The smallest absolute Gasteiger partial charge is 0.191 e. The molecule has 0 amide bonds. The van der Waals surface area contributed by atoms with Gasteiger partial charge >= 0.3 is 0 Å². The molecular weight excluding hydrogens is 324 g/mol. The van der Waals surface area contributed by atoms with Crippen LogP contribution < -0.4 is 15.4 Å². The van der Waals surface area contributed by atoms with Crippen molar-refractivity contribution in [3.63, 3.8) is 0 Å². The van der Waals surface area contributed by atoms with Crippen molar-refractivity contribution in [2.75, 3.05) is 40.3 Å². The molecule has 0 radical (unpaired) electrons. The summed E-state index contributed by atoms with van der Waals surface area (Å²) < 4.78 is 5.90. The molecule has 1 aliphatic heterocycles. The molecule has 0 spiro atoms. The summed E-state index contributed by atoms with van der Waals surface area (Å²) in [5.41, 5.74) is 2.39. The number of hydrogen-bond acceptors (Lipinski definition) is 3. The minimum absolute atomic E-state index is 0.716. The lowest BCUT2D eigenvalue weighted by Gasteiger charge is -2.29. The van der Waals surface area contributed by atoms with E-state index in [2.05, 4.69) is 59.6 Å². The first kappa shape index (κ1) is 20.6. The van der Waals surface area contributed by atoms with Crippen LogP contribution in [-0.4, -0.2) is 51.2 Å². The van der Waals surface area contributed by atoms with Crippen molar-refractivity contribution in [1.29, 1.82) is 0 Å². The quantitative estimate of drug-likeness (QED) is 0.552. The molecule has 146 valence electrons. The Morgan fingerprint density at radius 1 is 1.27 bits per heavy atom. The minimum atomic E-state index is 0.716. The van der Waals surface area contributed by atoms with E-state index in [0.717, 1.165) is 37.2 Å². The Kier molecular flexibility index (Phi) is 8.75. The molecule has 0 aliphatic carbocycles. The number of aliphatic imine (C=N–C) groups is 1. The van der Waals surface area contributed by atoms with E-state index in [0.29, 0.717) is 6.54 Å². The second-order valence-electron chi connectivity index (χ2n) is 7.35. The van der Waals surface area contributed by atoms with Crippen LogP contribution in [-0.2, 0) is 6.54 Å². The summed E-state index contributed by atoms with van der Waals surface area (Å²) in [7, 11) is 4.04. The molecule has 1 aromatic carbocycles. The van der Waals surface area contributed by atoms with Gasteiger partial charge in [0.2, 0.25) is 0 Å². The van der Waals surface area contributed by atoms with Gasteiger partial charge < -0.3 is 20.3 Å². The van der Waals surface area contributed by atoms with Gasteiger partial charge in [0.05, 0.1) is 6.61 Å². The molecule has 2 N–H and O–H groups in total. The lowest BCUT2D eigenvalue weighted by Crippen LogP contribution is -2.38. The number of piperidine rings is 1. The number of benzene rings is 1. The number of guanidine groups is 1. The highest BCUT2D eigenvalue weighted by molar-refractivity contribution is 5.79. The van der Waals surface area contributed by atoms with Crippen molar-refractivity contribution >= 4 is 5.96 Å². The van der Waals surface area contributed by atoms with Crippen LogP contribution in [0.15, 0.2) is 23.2 Å². The Hall–Kier alpha value is -1.75. The second kappa shape index (κ2) is 11.1. The van der Waals surface area contributed by atoms with E-state index in [9.17, 15) is 0 Å². The lowest BCUT2D eigenvalue weighted by molar-refractivity contribution is 0.213. The van der Waals surface area contributed by atoms with Gasteiger partial charge in [-0.2, -0.15) is 0 Å². The Labute approximate surface area is 159 Å². The van der Waals surface area contributed by atoms with Gasteiger partial charge in [-0.3, -0.25) is 4.99 Å². The van der Waals surface area contributed by atoms with Gasteiger partial charge in [0, 0.05) is 25.7 Å². The molecule has 1 fully saturated rings. The highest BCUT2D eigenvalue weighted by Gasteiger charge is 2.16. The number of hydrogen-bond donors (Lipinski definition) is 2. The molecule has 0 unspecified atom stereocenters. The van der Waals surface area contributed by atoms with Crippen LogP contribution >= 0.6 is 0 Å². The fourth-order valence-corrected chi connectivity index (χ4v) is 3.30. The normalized spacial score (nSPS) is 16.5. The molecule has 0 atom stereocenters. The summed E-state index contributed by atoms with van der Waals surface area (Å²) in [4.78, 5) is 6.77. The topological polar surface area (TPSA) is 48.9 Å². The highest BCUT2D eigenvalue weighted by Crippen LogP contribution is 2.21. The van der Waals surface area contributed by atoms with Crippen LogP contribution in [0.2, 0.25) is 0 Å². The predicted molar refractivity (Wildman–Crippen MR) is 110 cm³/mol. The summed E-state index contributed by atoms with van der Waals surface area (Å²) in [5.74, 6) is 2.67. The first-order chi connectivity index (χ1) is 12.6. The SMILES string of the molecule is CCCOc1cc(C)ccc1CNC(=NC)NCCC1CCN(C)CC1. The van der Waals surface area contributed by atoms with Crippen molar-refractivity contribution < 1.29 is 4.74 Å². The van der Waals surface area contributed by atoms with E-state index in [1.165, 1.54) is 43.5 Å². The van der Waals surface area contributed by atoms with E-state index >= 15 is 0 Å². The number of nitrogens with one attached hydrogen (secondary N) is 2. The van der Waals surface area contributed by atoms with E-state index in [-0.39, 0.29) is 0 Å². The Morgan fingerprint density at radius 3 is 2.73 bits per heavy atom. The zero-order chi connectivity index (χ0) is 18.8. The van der Waals surface area contributed by atoms with E-state index in [1.807, 2.05) is 7.05 Å². The van der Waals surface area contributed by atoms with Crippen LogP contribution in [0.1, 0.15) is 43.7 Å². The third kappa shape index (κ3) is 6.87. The minimum Gasteiger partial charge on any atom is -0.493 e. The van der Waals surface area contributed by atoms with Crippen LogP contribution in [0.5, 0.6) is 5.75 Å². The third-order valence-electron chi connectivity index (χ3n) is 5.04. The maximum absolute atomic E-state index is 5.90. The van der Waals surface area contributed by atoms with Crippen LogP contribution in [0, 0.1) is 12.8 Å². The van der Waals surface area contributed by atoms with Crippen LogP contribution in [0.3, 0.4) is 0 Å². The fourth-order valence-electron chi connectivity index (χ4n) is 3.30. The molecule has 26 heavy (non-hydrogen) atoms. The summed E-state index contributed by atoms with van der Waals surface area (Å²) in [6, 6.07) is 6.38.